The van der Waals surface area contributed by atoms with Gasteiger partial charge in [0.1, 0.15) is 0 Å². The number of benzene rings is 2. The Kier molecular flexibility index (Phi) is 6.70. The molecule has 3 aromatic rings. The maximum atomic E-state index is 12.8. The molecule has 0 radical (unpaired) electrons. The van der Waals surface area contributed by atoms with Crippen LogP contribution in [0.3, 0.4) is 0 Å². The van der Waals surface area contributed by atoms with Crippen molar-refractivity contribution in [3.63, 3.8) is 0 Å². The summed E-state index contributed by atoms with van der Waals surface area (Å²) in [5, 5.41) is 4.18. The highest BCUT2D eigenvalue weighted by Crippen LogP contribution is 2.38. The van der Waals surface area contributed by atoms with Crippen LogP contribution in [0.2, 0.25) is 0 Å². The molecule has 2 atom stereocenters. The summed E-state index contributed by atoms with van der Waals surface area (Å²) in [4.78, 5) is 17.6. The second-order valence-electron chi connectivity index (χ2n) is 7.36. The number of nitrogens with zero attached hydrogens (tertiary/aromatic N) is 1. The number of hydrogen-bond acceptors (Lipinski definition) is 4. The van der Waals surface area contributed by atoms with E-state index in [2.05, 4.69) is 35.7 Å². The highest BCUT2D eigenvalue weighted by Gasteiger charge is 2.32. The lowest BCUT2D eigenvalue weighted by Crippen LogP contribution is -2.35. The third-order valence-electron chi connectivity index (χ3n) is 5.27. The zero-order valence-corrected chi connectivity index (χ0v) is 17.2. The summed E-state index contributed by atoms with van der Waals surface area (Å²) in [7, 11) is 0. The summed E-state index contributed by atoms with van der Waals surface area (Å²) in [6.45, 7) is 1.89. The molecule has 1 aliphatic rings. The lowest BCUT2D eigenvalue weighted by Gasteiger charge is -2.26. The van der Waals surface area contributed by atoms with Crippen molar-refractivity contribution in [1.82, 2.24) is 10.3 Å². The number of aromatic nitrogens is 1. The van der Waals surface area contributed by atoms with Gasteiger partial charge in [-0.15, -0.1) is 11.3 Å². The molecule has 0 aliphatic heterocycles. The van der Waals surface area contributed by atoms with Crippen molar-refractivity contribution >= 4 is 27.5 Å². The van der Waals surface area contributed by atoms with Crippen LogP contribution in [-0.2, 0) is 16.1 Å². The monoisotopic (exact) mass is 406 g/mol. The molecule has 4 nitrogen and oxygen atoms in total. The third kappa shape index (κ3) is 5.11. The molecule has 1 amide bonds. The van der Waals surface area contributed by atoms with E-state index in [0.29, 0.717) is 19.8 Å². The summed E-state index contributed by atoms with van der Waals surface area (Å²) in [5.74, 6) is 0.235. The summed E-state index contributed by atoms with van der Waals surface area (Å²) in [5.41, 5.74) is 2.20. The van der Waals surface area contributed by atoms with Gasteiger partial charge >= 0.3 is 0 Å². The van der Waals surface area contributed by atoms with Crippen LogP contribution in [-0.4, -0.2) is 24.0 Å². The zero-order chi connectivity index (χ0) is 19.9. The topological polar surface area (TPSA) is 51.2 Å². The first-order chi connectivity index (χ1) is 14.3. The minimum atomic E-state index is -0.0502. The summed E-state index contributed by atoms with van der Waals surface area (Å²) in [6, 6.07) is 18.3. The van der Waals surface area contributed by atoms with Crippen molar-refractivity contribution in [3.8, 4) is 0 Å². The van der Waals surface area contributed by atoms with Crippen molar-refractivity contribution in [2.75, 3.05) is 13.2 Å². The fourth-order valence-electron chi connectivity index (χ4n) is 3.71. The lowest BCUT2D eigenvalue weighted by atomic mass is 9.82. The molecular formula is C24H26N2O2S. The van der Waals surface area contributed by atoms with Gasteiger partial charge in [0.05, 0.1) is 27.7 Å². The molecule has 0 spiro atoms. The van der Waals surface area contributed by atoms with Gasteiger partial charge in [0.15, 0.2) is 0 Å². The van der Waals surface area contributed by atoms with Gasteiger partial charge in [0, 0.05) is 19.1 Å². The largest absolute Gasteiger partial charge is 0.377 e. The molecule has 5 heteroatoms. The van der Waals surface area contributed by atoms with E-state index >= 15 is 0 Å². The average molecular weight is 407 g/mol. The molecule has 0 saturated carbocycles. The molecular weight excluding hydrogens is 380 g/mol. The normalized spacial score (nSPS) is 18.8. The first kappa shape index (κ1) is 19.8. The Morgan fingerprint density at radius 3 is 2.72 bits per heavy atom. The second kappa shape index (κ2) is 9.81. The number of allylic oxidation sites excluding steroid dienone is 2. The van der Waals surface area contributed by atoms with Gasteiger partial charge in [-0.1, -0.05) is 54.6 Å². The number of hydrogen-bond donors (Lipinski definition) is 1. The first-order valence-electron chi connectivity index (χ1n) is 10.2. The van der Waals surface area contributed by atoms with Crippen molar-refractivity contribution in [1.29, 1.82) is 0 Å². The van der Waals surface area contributed by atoms with E-state index in [9.17, 15) is 4.79 Å². The predicted molar refractivity (Wildman–Crippen MR) is 118 cm³/mol. The van der Waals surface area contributed by atoms with Gasteiger partial charge in [-0.3, -0.25) is 4.79 Å². The van der Waals surface area contributed by atoms with Crippen molar-refractivity contribution in [2.45, 2.75) is 31.8 Å². The van der Waals surface area contributed by atoms with Gasteiger partial charge < -0.3 is 10.1 Å². The molecule has 1 N–H and O–H groups in total. The number of carbonyl (C=O) groups is 1. The van der Waals surface area contributed by atoms with E-state index < -0.39 is 0 Å². The van der Waals surface area contributed by atoms with Gasteiger partial charge in [0.2, 0.25) is 5.91 Å². The SMILES string of the molecule is O=C(NCCCOCc1ccccc1)[C@H]1CC=CC[C@H]1c1nc2ccccc2s1. The molecule has 1 aromatic heterocycles. The molecule has 0 fully saturated rings. The highest BCUT2D eigenvalue weighted by molar-refractivity contribution is 7.18. The predicted octanol–water partition coefficient (Wildman–Crippen LogP) is 5.07. The van der Waals surface area contributed by atoms with E-state index in [1.165, 1.54) is 10.3 Å². The minimum absolute atomic E-state index is 0.0502. The Bertz CT molecular complexity index is 934. The average Bonchev–Trinajstić information content (AvgIpc) is 3.21. The third-order valence-corrected chi connectivity index (χ3v) is 6.44. The van der Waals surface area contributed by atoms with E-state index in [4.69, 9.17) is 9.72 Å². The van der Waals surface area contributed by atoms with E-state index in [-0.39, 0.29) is 17.7 Å². The van der Waals surface area contributed by atoms with Gasteiger partial charge in [0.25, 0.3) is 0 Å². The Hall–Kier alpha value is -2.50. The van der Waals surface area contributed by atoms with Crippen LogP contribution in [0.5, 0.6) is 0 Å². The second-order valence-corrected chi connectivity index (χ2v) is 8.42. The van der Waals surface area contributed by atoms with Gasteiger partial charge in [-0.25, -0.2) is 4.98 Å². The maximum Gasteiger partial charge on any atom is 0.224 e. The molecule has 0 bridgehead atoms. The Balaban J connectivity index is 1.27. The number of nitrogens with one attached hydrogen (secondary N) is 1. The summed E-state index contributed by atoms with van der Waals surface area (Å²) < 4.78 is 6.89. The van der Waals surface area contributed by atoms with Crippen LogP contribution in [0.25, 0.3) is 10.2 Å². The first-order valence-corrected chi connectivity index (χ1v) is 11.0. The van der Waals surface area contributed by atoms with Crippen molar-refractivity contribution in [3.05, 3.63) is 77.3 Å². The number of amides is 1. The molecule has 150 valence electrons. The Labute approximate surface area is 175 Å². The number of ether oxygens (including phenoxy) is 1. The number of thiazole rings is 1. The molecule has 2 aromatic carbocycles. The van der Waals surface area contributed by atoms with Gasteiger partial charge in [-0.05, 0) is 37.0 Å². The molecule has 0 unspecified atom stereocenters. The van der Waals surface area contributed by atoms with Gasteiger partial charge in [-0.2, -0.15) is 0 Å². The maximum absolute atomic E-state index is 12.8. The van der Waals surface area contributed by atoms with Crippen LogP contribution in [0, 0.1) is 5.92 Å². The van der Waals surface area contributed by atoms with E-state index in [1.54, 1.807) is 11.3 Å². The summed E-state index contributed by atoms with van der Waals surface area (Å²) >= 11 is 1.71. The van der Waals surface area contributed by atoms with Crippen molar-refractivity contribution < 1.29 is 9.53 Å². The van der Waals surface area contributed by atoms with Crippen LogP contribution >= 0.6 is 11.3 Å². The standard InChI is InChI=1S/C24H26N2O2S/c27-23(25-15-8-16-28-17-18-9-2-1-3-10-18)19-11-4-5-12-20(19)24-26-21-13-6-7-14-22(21)29-24/h1-7,9-10,13-14,19-20H,8,11-12,15-17H2,(H,25,27)/t19-,20+/m0/s1. The molecule has 1 heterocycles. The van der Waals surface area contributed by atoms with E-state index in [1.807, 2.05) is 36.4 Å². The zero-order valence-electron chi connectivity index (χ0n) is 16.4. The lowest BCUT2D eigenvalue weighted by molar-refractivity contribution is -0.125. The number of carbonyl (C=O) groups excluding carboxylic acids is 1. The molecule has 1 aliphatic carbocycles. The Morgan fingerprint density at radius 2 is 1.86 bits per heavy atom. The smallest absolute Gasteiger partial charge is 0.224 e. The number of rotatable bonds is 8. The number of fused-ring (bicyclic) bond motifs is 1. The fourth-order valence-corrected chi connectivity index (χ4v) is 4.85. The van der Waals surface area contributed by atoms with E-state index in [0.717, 1.165) is 29.8 Å². The highest BCUT2D eigenvalue weighted by atomic mass is 32.1. The molecule has 4 rings (SSSR count). The number of para-hydroxylation sites is 1. The van der Waals surface area contributed by atoms with Crippen LogP contribution in [0.4, 0.5) is 0 Å². The molecule has 29 heavy (non-hydrogen) atoms. The fraction of sp³-hybridized carbons (Fsp3) is 0.333. The molecule has 0 saturated heterocycles. The van der Waals surface area contributed by atoms with Crippen LogP contribution in [0.15, 0.2) is 66.7 Å². The summed E-state index contributed by atoms with van der Waals surface area (Å²) in [6.07, 6.45) is 6.76. The van der Waals surface area contributed by atoms with Crippen molar-refractivity contribution in [2.24, 2.45) is 5.92 Å². The minimum Gasteiger partial charge on any atom is -0.377 e. The quantitative estimate of drug-likeness (QED) is 0.420. The Morgan fingerprint density at radius 1 is 1.07 bits per heavy atom. The van der Waals surface area contributed by atoms with Crippen LogP contribution in [0.1, 0.15) is 35.8 Å². The van der Waals surface area contributed by atoms with Crippen LogP contribution < -0.4 is 5.32 Å².